The Kier molecular flexibility index (Phi) is 5.60. The van der Waals surface area contributed by atoms with Crippen LogP contribution in [0.4, 0.5) is 10.2 Å². The molecular formula is C28H25ClFN5O2. The van der Waals surface area contributed by atoms with Gasteiger partial charge in [-0.25, -0.2) is 14.4 Å². The zero-order chi connectivity index (χ0) is 25.9. The summed E-state index contributed by atoms with van der Waals surface area (Å²) in [5, 5.41) is 8.80. The van der Waals surface area contributed by atoms with Gasteiger partial charge in [0.2, 0.25) is 5.91 Å². The Balaban J connectivity index is 1.50. The molecule has 37 heavy (non-hydrogen) atoms. The highest BCUT2D eigenvalue weighted by Gasteiger charge is 2.44. The van der Waals surface area contributed by atoms with Crippen LogP contribution in [0.25, 0.3) is 22.4 Å². The maximum absolute atomic E-state index is 14.4. The van der Waals surface area contributed by atoms with E-state index in [-0.39, 0.29) is 35.6 Å². The summed E-state index contributed by atoms with van der Waals surface area (Å²) in [6.07, 6.45) is 3.49. The summed E-state index contributed by atoms with van der Waals surface area (Å²) < 4.78 is 16.1. The zero-order valence-corrected chi connectivity index (χ0v) is 21.3. The van der Waals surface area contributed by atoms with Crippen LogP contribution in [0.2, 0.25) is 5.02 Å². The molecule has 1 saturated carbocycles. The number of benzene rings is 2. The van der Waals surface area contributed by atoms with Gasteiger partial charge in [-0.15, -0.1) is 0 Å². The fourth-order valence-corrected chi connectivity index (χ4v) is 5.08. The molecule has 2 aromatic carbocycles. The normalized spacial score (nSPS) is 16.2. The van der Waals surface area contributed by atoms with Crippen molar-refractivity contribution in [3.8, 4) is 11.5 Å². The molecule has 1 amide bonds. The van der Waals surface area contributed by atoms with Crippen LogP contribution >= 0.6 is 11.6 Å². The summed E-state index contributed by atoms with van der Waals surface area (Å²) in [7, 11) is 0. The minimum absolute atomic E-state index is 0.102. The van der Waals surface area contributed by atoms with Crippen LogP contribution in [-0.4, -0.2) is 31.4 Å². The van der Waals surface area contributed by atoms with E-state index in [9.17, 15) is 14.0 Å². The van der Waals surface area contributed by atoms with Crippen molar-refractivity contribution < 1.29 is 14.0 Å². The van der Waals surface area contributed by atoms with Gasteiger partial charge in [0.25, 0.3) is 0 Å². The van der Waals surface area contributed by atoms with E-state index < -0.39 is 5.41 Å². The van der Waals surface area contributed by atoms with E-state index >= 15 is 0 Å². The average Bonchev–Trinajstić information content (AvgIpc) is 3.59. The molecule has 1 N–H and O–H groups in total. The lowest BCUT2D eigenvalue weighted by molar-refractivity contribution is -0.119. The van der Waals surface area contributed by atoms with Gasteiger partial charge < -0.3 is 5.32 Å². The highest BCUT2D eigenvalue weighted by Crippen LogP contribution is 2.41. The molecule has 0 radical (unpaired) electrons. The number of nitrogens with one attached hydrogen (secondary N) is 1. The number of hydrogen-bond acceptors (Lipinski definition) is 5. The van der Waals surface area contributed by atoms with E-state index in [1.54, 1.807) is 48.9 Å². The molecule has 1 aliphatic carbocycles. The first kappa shape index (κ1) is 23.7. The van der Waals surface area contributed by atoms with Crippen molar-refractivity contribution in [1.29, 1.82) is 0 Å². The number of carbonyl (C=O) groups is 2. The number of amides is 1. The van der Waals surface area contributed by atoms with Gasteiger partial charge in [0.05, 0.1) is 17.5 Å². The molecule has 1 fully saturated rings. The molecule has 9 heteroatoms. The highest BCUT2D eigenvalue weighted by atomic mass is 35.5. The van der Waals surface area contributed by atoms with E-state index in [2.05, 4.69) is 10.3 Å². The Labute approximate surface area is 218 Å². The number of Topliss-reactive ketones (excluding diaryl/α,β-unsaturated/α-hetero) is 1. The lowest BCUT2D eigenvalue weighted by Gasteiger charge is -2.17. The van der Waals surface area contributed by atoms with Gasteiger partial charge >= 0.3 is 0 Å². The summed E-state index contributed by atoms with van der Waals surface area (Å²) in [5.74, 6) is 0.485. The quantitative estimate of drug-likeness (QED) is 0.306. The Bertz CT molecular complexity index is 1590. The van der Waals surface area contributed by atoms with Gasteiger partial charge in [0.1, 0.15) is 23.0 Å². The minimum Gasteiger partial charge on any atom is -0.310 e. The third kappa shape index (κ3) is 4.19. The monoisotopic (exact) mass is 517 g/mol. The van der Waals surface area contributed by atoms with E-state index in [1.165, 1.54) is 6.07 Å². The maximum Gasteiger partial charge on any atom is 0.235 e. The number of fused-ring (bicyclic) bond motifs is 2. The van der Waals surface area contributed by atoms with E-state index in [0.29, 0.717) is 50.9 Å². The fraction of sp³-hybridized carbons (Fsp3) is 0.321. The first-order valence-electron chi connectivity index (χ1n) is 12.4. The second-order valence-corrected chi connectivity index (χ2v) is 10.8. The Morgan fingerprint density at radius 3 is 2.73 bits per heavy atom. The van der Waals surface area contributed by atoms with Gasteiger partial charge in [0.15, 0.2) is 11.6 Å². The standard InChI is InChI=1S/C28H25ClFN5O2/c1-28(2)22-24(21(36)12-9-15-7-8-15)31-26(32-25(22)33-27(28)37)23-18-11-10-17(29)13-20(18)35(34-23)14-16-5-3-4-6-19(16)30/h3-6,10-11,13,15H,7-9,12,14H2,1-2H3,(H,31,32,33,37). The number of nitrogens with zero attached hydrogens (tertiary/aromatic N) is 4. The molecule has 0 atom stereocenters. The summed E-state index contributed by atoms with van der Waals surface area (Å²) in [6.45, 7) is 3.72. The summed E-state index contributed by atoms with van der Waals surface area (Å²) >= 11 is 6.30. The molecule has 2 aromatic heterocycles. The van der Waals surface area contributed by atoms with Crippen LogP contribution in [0.5, 0.6) is 0 Å². The molecule has 6 rings (SSSR count). The molecule has 4 aromatic rings. The summed E-state index contributed by atoms with van der Waals surface area (Å²) in [4.78, 5) is 35.5. The van der Waals surface area contributed by atoms with Crippen molar-refractivity contribution in [3.63, 3.8) is 0 Å². The summed E-state index contributed by atoms with van der Waals surface area (Å²) in [5.41, 5.74) is 1.44. The molecule has 2 aliphatic rings. The molecule has 0 spiro atoms. The lowest BCUT2D eigenvalue weighted by Crippen LogP contribution is -2.28. The largest absolute Gasteiger partial charge is 0.310 e. The maximum atomic E-state index is 14.4. The van der Waals surface area contributed by atoms with Crippen LogP contribution in [0.3, 0.4) is 0 Å². The molecule has 3 heterocycles. The van der Waals surface area contributed by atoms with Crippen LogP contribution in [0.15, 0.2) is 42.5 Å². The predicted octanol–water partition coefficient (Wildman–Crippen LogP) is 5.94. The highest BCUT2D eigenvalue weighted by molar-refractivity contribution is 6.31. The van der Waals surface area contributed by atoms with E-state index in [0.717, 1.165) is 19.3 Å². The molecule has 1 aliphatic heterocycles. The smallest absolute Gasteiger partial charge is 0.235 e. The van der Waals surface area contributed by atoms with Crippen LogP contribution in [-0.2, 0) is 16.8 Å². The lowest BCUT2D eigenvalue weighted by atomic mass is 9.84. The van der Waals surface area contributed by atoms with Gasteiger partial charge in [0, 0.05) is 28.0 Å². The average molecular weight is 518 g/mol. The summed E-state index contributed by atoms with van der Waals surface area (Å²) in [6, 6.07) is 11.8. The molecule has 188 valence electrons. The van der Waals surface area contributed by atoms with Crippen LogP contribution in [0.1, 0.15) is 61.1 Å². The molecule has 7 nitrogen and oxygen atoms in total. The van der Waals surface area contributed by atoms with Gasteiger partial charge in [-0.1, -0.05) is 42.6 Å². The first-order valence-corrected chi connectivity index (χ1v) is 12.8. The molecular weight excluding hydrogens is 493 g/mol. The van der Waals surface area contributed by atoms with E-state index in [1.807, 2.05) is 6.07 Å². The van der Waals surface area contributed by atoms with Crippen molar-refractivity contribution in [3.05, 3.63) is 70.1 Å². The van der Waals surface area contributed by atoms with Crippen molar-refractivity contribution in [1.82, 2.24) is 19.7 Å². The van der Waals surface area contributed by atoms with Gasteiger partial charge in [-0.05, 0) is 50.5 Å². The van der Waals surface area contributed by atoms with Crippen LogP contribution < -0.4 is 5.32 Å². The van der Waals surface area contributed by atoms with Crippen molar-refractivity contribution in [2.75, 3.05) is 5.32 Å². The van der Waals surface area contributed by atoms with Gasteiger partial charge in [-0.2, -0.15) is 5.10 Å². The number of rotatable bonds is 7. The van der Waals surface area contributed by atoms with E-state index in [4.69, 9.17) is 21.7 Å². The fourth-order valence-electron chi connectivity index (χ4n) is 4.91. The third-order valence-electron chi connectivity index (χ3n) is 7.28. The number of aromatic nitrogens is 4. The van der Waals surface area contributed by atoms with Crippen LogP contribution in [0, 0.1) is 11.7 Å². The third-order valence-corrected chi connectivity index (χ3v) is 7.51. The molecule has 0 bridgehead atoms. The minimum atomic E-state index is -0.932. The Hall–Kier alpha value is -3.65. The number of halogens is 2. The number of carbonyl (C=O) groups excluding carboxylic acids is 2. The van der Waals surface area contributed by atoms with Crippen molar-refractivity contribution in [2.45, 2.75) is 51.5 Å². The Morgan fingerprint density at radius 1 is 1.19 bits per heavy atom. The topological polar surface area (TPSA) is 89.8 Å². The first-order chi connectivity index (χ1) is 17.7. The Morgan fingerprint density at radius 2 is 1.97 bits per heavy atom. The number of ketones is 1. The predicted molar refractivity (Wildman–Crippen MR) is 139 cm³/mol. The van der Waals surface area contributed by atoms with Crippen molar-refractivity contribution in [2.24, 2.45) is 5.92 Å². The van der Waals surface area contributed by atoms with Gasteiger partial charge in [-0.3, -0.25) is 14.3 Å². The van der Waals surface area contributed by atoms with Crippen molar-refractivity contribution >= 4 is 40.0 Å². The zero-order valence-electron chi connectivity index (χ0n) is 20.5. The number of hydrogen-bond donors (Lipinski definition) is 1. The second kappa shape index (κ2) is 8.73. The SMILES string of the molecule is CC1(C)C(=O)Nc2nc(-c3nn(Cc4ccccc4F)c4cc(Cl)ccc34)nc(C(=O)CCC3CC3)c21. The number of anilines is 1. The molecule has 0 unspecified atom stereocenters. The molecule has 0 saturated heterocycles. The second-order valence-electron chi connectivity index (χ2n) is 10.4.